The normalized spacial score (nSPS) is 39.5. The van der Waals surface area contributed by atoms with Crippen LogP contribution in [-0.4, -0.2) is 34.3 Å². The second-order valence-corrected chi connectivity index (χ2v) is 6.73. The molecule has 2 heterocycles. The van der Waals surface area contributed by atoms with Crippen LogP contribution < -0.4 is 0 Å². The van der Waals surface area contributed by atoms with Crippen LogP contribution in [0.3, 0.4) is 0 Å². The first-order valence-corrected chi connectivity index (χ1v) is 8.13. The van der Waals surface area contributed by atoms with Crippen LogP contribution in [0.5, 0.6) is 0 Å². The van der Waals surface area contributed by atoms with Crippen LogP contribution in [0.15, 0.2) is 0 Å². The fraction of sp³-hybridized carbons (Fsp3) is 1.00. The molecule has 0 radical (unpaired) electrons. The van der Waals surface area contributed by atoms with E-state index in [1.165, 1.54) is 25.7 Å². The maximum Gasteiger partial charge on any atom is 0.182 e. The van der Waals surface area contributed by atoms with Gasteiger partial charge in [-0.2, -0.15) is 0 Å². The molecule has 0 spiro atoms. The summed E-state index contributed by atoms with van der Waals surface area (Å²) in [5.74, 6) is 0. The molecule has 0 bridgehead atoms. The molecule has 2 rings (SSSR count). The van der Waals surface area contributed by atoms with Crippen molar-refractivity contribution < 1.29 is 9.47 Å². The fourth-order valence-electron chi connectivity index (χ4n) is 3.52. The van der Waals surface area contributed by atoms with Crippen molar-refractivity contribution in [3.05, 3.63) is 0 Å². The van der Waals surface area contributed by atoms with E-state index < -0.39 is 0 Å². The summed E-state index contributed by atoms with van der Waals surface area (Å²) < 4.78 is 3.58. The van der Waals surface area contributed by atoms with Crippen LogP contribution in [0.2, 0.25) is 0 Å². The van der Waals surface area contributed by atoms with E-state index in [-0.39, 0.29) is 6.10 Å². The van der Waals surface area contributed by atoms with E-state index in [0.717, 1.165) is 19.3 Å². The van der Waals surface area contributed by atoms with Gasteiger partial charge in [-0.3, -0.25) is 0 Å². The molecule has 0 aromatic heterocycles. The molecule has 2 fully saturated rings. The first kappa shape index (κ1) is 13.8. The zero-order valence-electron chi connectivity index (χ0n) is 11.1. The highest BCUT2D eigenvalue weighted by atomic mass is 79.9. The lowest BCUT2D eigenvalue weighted by Gasteiger charge is -2.30. The molecule has 2 saturated heterocycles. The highest BCUT2D eigenvalue weighted by Gasteiger charge is 2.54. The number of rotatable bonds is 5. The summed E-state index contributed by atoms with van der Waals surface area (Å²) in [5, 5.41) is 10.2. The van der Waals surface area contributed by atoms with Crippen molar-refractivity contribution in [3.8, 4) is 0 Å². The number of halogens is 1. The van der Waals surface area contributed by atoms with E-state index in [9.17, 15) is 5.11 Å². The second-order valence-electron chi connectivity index (χ2n) is 5.55. The molecule has 3 heteroatoms. The zero-order valence-corrected chi connectivity index (χ0v) is 12.7. The van der Waals surface area contributed by atoms with Crippen LogP contribution in [0, 0.1) is 0 Å². The van der Waals surface area contributed by atoms with Crippen LogP contribution >= 0.6 is 15.9 Å². The predicted molar refractivity (Wildman–Crippen MR) is 74.8 cm³/mol. The molecule has 0 amide bonds. The molecular formula is C14H26BrO2+. The highest BCUT2D eigenvalue weighted by Crippen LogP contribution is 2.45. The summed E-state index contributed by atoms with van der Waals surface area (Å²) in [6.45, 7) is 4.46. The van der Waals surface area contributed by atoms with E-state index in [2.05, 4.69) is 34.1 Å². The molecule has 0 aromatic rings. The van der Waals surface area contributed by atoms with Gasteiger partial charge in [-0.05, 0) is 12.8 Å². The fourth-order valence-corrected chi connectivity index (χ4v) is 4.03. The Bertz CT molecular complexity index is 246. The summed E-state index contributed by atoms with van der Waals surface area (Å²) in [7, 11) is 0. The van der Waals surface area contributed by atoms with Crippen LogP contribution in [0.25, 0.3) is 0 Å². The van der Waals surface area contributed by atoms with Crippen molar-refractivity contribution in [2.45, 2.75) is 88.0 Å². The third-order valence-corrected chi connectivity index (χ3v) is 5.66. The molecular weight excluding hydrogens is 280 g/mol. The van der Waals surface area contributed by atoms with Crippen molar-refractivity contribution >= 4 is 15.9 Å². The van der Waals surface area contributed by atoms with Gasteiger partial charge < -0.3 is 9.47 Å². The quantitative estimate of drug-likeness (QED) is 0.609. The lowest BCUT2D eigenvalue weighted by atomic mass is 10.0. The second kappa shape index (κ2) is 6.03. The largest absolute Gasteiger partial charge is 0.412 e. The van der Waals surface area contributed by atoms with Crippen molar-refractivity contribution in [2.24, 2.45) is 0 Å². The molecule has 17 heavy (non-hydrogen) atoms. The minimum absolute atomic E-state index is 0.115. The van der Waals surface area contributed by atoms with Gasteiger partial charge in [0.2, 0.25) is 0 Å². The Hall–Kier alpha value is 0.400. The van der Waals surface area contributed by atoms with Gasteiger partial charge >= 0.3 is 0 Å². The molecule has 2 aliphatic heterocycles. The average molecular weight is 306 g/mol. The lowest BCUT2D eigenvalue weighted by Crippen LogP contribution is -2.38. The van der Waals surface area contributed by atoms with Crippen LogP contribution in [0.1, 0.15) is 58.8 Å². The van der Waals surface area contributed by atoms with E-state index >= 15 is 0 Å². The number of unbranched alkanes of at least 4 members (excludes halogenated alkanes) is 1. The molecule has 2 nitrogen and oxygen atoms in total. The van der Waals surface area contributed by atoms with E-state index in [4.69, 9.17) is 0 Å². The summed E-state index contributed by atoms with van der Waals surface area (Å²) in [6.07, 6.45) is 9.62. The Morgan fingerprint density at radius 1 is 1.35 bits per heavy atom. The van der Waals surface area contributed by atoms with Gasteiger partial charge in [0.1, 0.15) is 6.10 Å². The van der Waals surface area contributed by atoms with Gasteiger partial charge in [0, 0.05) is 19.3 Å². The van der Waals surface area contributed by atoms with Gasteiger partial charge in [0.25, 0.3) is 0 Å². The van der Waals surface area contributed by atoms with Crippen LogP contribution in [0.4, 0.5) is 0 Å². The SMILES string of the molecule is CCCC[C@H]1[C@@H](O)C[C@H]2CC[C@H]([C@@H](Br)CC)[O+]21. The number of hydrogen-bond acceptors (Lipinski definition) is 1. The Balaban J connectivity index is 2.04. The number of fused-ring (bicyclic) bond motifs is 1. The van der Waals surface area contributed by atoms with Gasteiger partial charge in [0.15, 0.2) is 18.3 Å². The van der Waals surface area contributed by atoms with Gasteiger partial charge in [-0.1, -0.05) is 36.2 Å². The minimum Gasteiger partial charge on any atom is -0.412 e. The van der Waals surface area contributed by atoms with Crippen molar-refractivity contribution in [1.29, 1.82) is 0 Å². The number of aliphatic hydroxyl groups excluding tert-OH is 1. The Morgan fingerprint density at radius 3 is 2.76 bits per heavy atom. The third kappa shape index (κ3) is 2.71. The Kier molecular flexibility index (Phi) is 4.90. The topological polar surface area (TPSA) is 22.9 Å². The van der Waals surface area contributed by atoms with Crippen molar-refractivity contribution in [1.82, 2.24) is 0 Å². The van der Waals surface area contributed by atoms with Gasteiger partial charge in [-0.15, -0.1) is 0 Å². The molecule has 1 N–H and O–H groups in total. The molecule has 2 aliphatic rings. The number of aliphatic hydroxyl groups is 1. The molecule has 0 aliphatic carbocycles. The third-order valence-electron chi connectivity index (χ3n) is 4.43. The van der Waals surface area contributed by atoms with Crippen LogP contribution in [-0.2, 0) is 4.37 Å². The minimum atomic E-state index is -0.115. The smallest absolute Gasteiger partial charge is 0.182 e. The maximum atomic E-state index is 10.2. The molecule has 0 unspecified atom stereocenters. The average Bonchev–Trinajstić information content (AvgIpc) is 2.84. The molecule has 100 valence electrons. The summed E-state index contributed by atoms with van der Waals surface area (Å²) in [5.41, 5.74) is 0. The monoisotopic (exact) mass is 305 g/mol. The van der Waals surface area contributed by atoms with E-state index in [1.807, 2.05) is 0 Å². The highest BCUT2D eigenvalue weighted by molar-refractivity contribution is 9.09. The zero-order chi connectivity index (χ0) is 12.4. The molecule has 5 atom stereocenters. The van der Waals surface area contributed by atoms with E-state index in [0.29, 0.717) is 23.1 Å². The summed E-state index contributed by atoms with van der Waals surface area (Å²) in [6, 6.07) is 0. The number of hydrogen-bond donors (Lipinski definition) is 1. The summed E-state index contributed by atoms with van der Waals surface area (Å²) in [4.78, 5) is 0.562. The van der Waals surface area contributed by atoms with E-state index in [1.54, 1.807) is 0 Å². The maximum absolute atomic E-state index is 10.2. The lowest BCUT2D eigenvalue weighted by molar-refractivity contribution is -0.227. The Labute approximate surface area is 114 Å². The molecule has 0 saturated carbocycles. The Morgan fingerprint density at radius 2 is 2.12 bits per heavy atom. The number of alkyl halides is 1. The summed E-state index contributed by atoms with van der Waals surface area (Å²) >= 11 is 3.81. The van der Waals surface area contributed by atoms with Gasteiger partial charge in [-0.25, -0.2) is 0 Å². The van der Waals surface area contributed by atoms with Crippen molar-refractivity contribution in [3.63, 3.8) is 0 Å². The standard InChI is InChI=1S/C14H26BrO2/c1-3-5-6-14-12(16)9-10-7-8-13(17(10)14)11(15)4-2/h10-14,16H,3-9H2,1-2H3/q+1/t10-,11+,12+,13-,14+/m1/s1. The molecule has 0 aromatic carbocycles. The predicted octanol–water partition coefficient (Wildman–Crippen LogP) is 3.57. The first-order chi connectivity index (χ1) is 8.19. The van der Waals surface area contributed by atoms with Gasteiger partial charge in [0.05, 0.1) is 11.2 Å². The first-order valence-electron chi connectivity index (χ1n) is 7.21. The van der Waals surface area contributed by atoms with Crippen molar-refractivity contribution in [2.75, 3.05) is 0 Å².